The molecule has 61 heavy (non-hydrogen) atoms. The van der Waals surface area contributed by atoms with Crippen molar-refractivity contribution in [2.75, 3.05) is 6.61 Å². The molecule has 3 unspecified atom stereocenters. The second-order valence-corrected chi connectivity index (χ2v) is 17.5. The van der Waals surface area contributed by atoms with E-state index in [-0.39, 0.29) is 24.9 Å². The first-order chi connectivity index (χ1) is 30.0. The lowest BCUT2D eigenvalue weighted by Gasteiger charge is -2.24. The molecule has 0 saturated heterocycles. The number of esters is 1. The highest BCUT2D eigenvalue weighted by atomic mass is 16.5. The summed E-state index contributed by atoms with van der Waals surface area (Å²) in [5.74, 6) is -0.503. The van der Waals surface area contributed by atoms with E-state index < -0.39 is 18.2 Å². The maximum atomic E-state index is 13.2. The van der Waals surface area contributed by atoms with E-state index in [4.69, 9.17) is 4.74 Å². The molecule has 0 radical (unpaired) electrons. The van der Waals surface area contributed by atoms with Crippen LogP contribution in [0, 0.1) is 0 Å². The topological polar surface area (TPSA) is 95.9 Å². The van der Waals surface area contributed by atoms with Crippen LogP contribution in [-0.2, 0) is 14.3 Å². The average Bonchev–Trinajstić information content (AvgIpc) is 3.25. The molecule has 0 heterocycles. The second-order valence-electron chi connectivity index (χ2n) is 17.5. The Morgan fingerprint density at radius 3 is 1.38 bits per heavy atom. The van der Waals surface area contributed by atoms with Crippen LogP contribution < -0.4 is 5.32 Å². The number of amides is 1. The second kappa shape index (κ2) is 48.6. The van der Waals surface area contributed by atoms with Crippen molar-refractivity contribution in [1.82, 2.24) is 5.32 Å². The van der Waals surface area contributed by atoms with Crippen LogP contribution in [0.5, 0.6) is 0 Å². The first kappa shape index (κ1) is 58.6. The van der Waals surface area contributed by atoms with Crippen LogP contribution in [-0.4, -0.2) is 46.9 Å². The lowest BCUT2D eigenvalue weighted by Crippen LogP contribution is -2.46. The molecule has 0 bridgehead atoms. The third-order valence-electron chi connectivity index (χ3n) is 11.6. The lowest BCUT2D eigenvalue weighted by molar-refractivity contribution is -0.151. The molecule has 1 amide bonds. The van der Waals surface area contributed by atoms with E-state index in [1.807, 2.05) is 0 Å². The molecule has 3 N–H and O–H groups in total. The van der Waals surface area contributed by atoms with Gasteiger partial charge in [-0.1, -0.05) is 210 Å². The van der Waals surface area contributed by atoms with Crippen LogP contribution in [0.4, 0.5) is 0 Å². The van der Waals surface area contributed by atoms with E-state index in [0.29, 0.717) is 19.3 Å². The summed E-state index contributed by atoms with van der Waals surface area (Å²) in [6.45, 7) is 6.33. The van der Waals surface area contributed by atoms with Crippen molar-refractivity contribution in [2.45, 2.75) is 270 Å². The average molecular weight is 854 g/mol. The van der Waals surface area contributed by atoms with Gasteiger partial charge in [0.05, 0.1) is 25.2 Å². The van der Waals surface area contributed by atoms with Crippen molar-refractivity contribution in [3.63, 3.8) is 0 Å². The zero-order valence-corrected chi connectivity index (χ0v) is 40.3. The van der Waals surface area contributed by atoms with Crippen LogP contribution in [0.1, 0.15) is 252 Å². The van der Waals surface area contributed by atoms with E-state index >= 15 is 0 Å². The van der Waals surface area contributed by atoms with Gasteiger partial charge in [-0.25, -0.2) is 0 Å². The maximum absolute atomic E-state index is 13.2. The van der Waals surface area contributed by atoms with Gasteiger partial charge >= 0.3 is 5.97 Å². The van der Waals surface area contributed by atoms with Gasteiger partial charge in [-0.3, -0.25) is 9.59 Å². The number of carbonyl (C=O) groups is 2. The number of allylic oxidation sites excluding steroid dienone is 10. The van der Waals surface area contributed by atoms with Crippen LogP contribution in [0.3, 0.4) is 0 Å². The van der Waals surface area contributed by atoms with Crippen LogP contribution in [0.2, 0.25) is 0 Å². The Kier molecular flexibility index (Phi) is 46.6. The minimum atomic E-state index is -0.796. The molecule has 354 valence electrons. The van der Waals surface area contributed by atoms with E-state index in [1.54, 1.807) is 0 Å². The quantitative estimate of drug-likeness (QED) is 0.0322. The standard InChI is InChI=1S/C55H99NO5/c1-4-7-10-13-16-19-22-24-26-27-28-30-33-36-39-42-45-48-55(60)61-51(46-43-40-37-34-32-29-25-23-20-17-14-11-8-5-2)49-54(59)56-52(50-57)53(58)47-44-41-38-35-31-21-18-15-12-9-6-3/h8,11,16-17,19-20,24-26,29,51-53,57-58H,4-7,9-10,12-15,18,21-23,27-28,30-50H2,1-3H3,(H,56,59)/b11-8+,19-16-,20-17+,26-24-,29-25+. The number of ether oxygens (including phenoxy) is 1. The molecule has 3 atom stereocenters. The lowest BCUT2D eigenvalue weighted by atomic mass is 10.0. The third kappa shape index (κ3) is 44.0. The zero-order chi connectivity index (χ0) is 44.5. The van der Waals surface area contributed by atoms with Crippen molar-refractivity contribution in [3.05, 3.63) is 60.8 Å². The predicted octanol–water partition coefficient (Wildman–Crippen LogP) is 15.6. The van der Waals surface area contributed by atoms with Crippen molar-refractivity contribution in [3.8, 4) is 0 Å². The molecule has 0 aromatic heterocycles. The molecule has 0 aromatic carbocycles. The number of unbranched alkanes of at least 4 members (excludes halogenated alkanes) is 24. The Morgan fingerprint density at radius 1 is 0.492 bits per heavy atom. The summed E-state index contributed by atoms with van der Waals surface area (Å²) in [5.41, 5.74) is 0. The largest absolute Gasteiger partial charge is 0.462 e. The Morgan fingerprint density at radius 2 is 0.885 bits per heavy atom. The first-order valence-electron chi connectivity index (χ1n) is 26.0. The van der Waals surface area contributed by atoms with Gasteiger partial charge in [-0.2, -0.15) is 0 Å². The molecule has 0 spiro atoms. The summed E-state index contributed by atoms with van der Waals surface area (Å²) >= 11 is 0. The number of aliphatic hydroxyl groups excluding tert-OH is 2. The monoisotopic (exact) mass is 854 g/mol. The van der Waals surface area contributed by atoms with Gasteiger partial charge in [-0.15, -0.1) is 0 Å². The highest BCUT2D eigenvalue weighted by Crippen LogP contribution is 2.17. The van der Waals surface area contributed by atoms with E-state index in [1.165, 1.54) is 103 Å². The van der Waals surface area contributed by atoms with Crippen LogP contribution in [0.15, 0.2) is 60.8 Å². The van der Waals surface area contributed by atoms with E-state index in [0.717, 1.165) is 103 Å². The van der Waals surface area contributed by atoms with Gasteiger partial charge in [0.2, 0.25) is 5.91 Å². The third-order valence-corrected chi connectivity index (χ3v) is 11.6. The van der Waals surface area contributed by atoms with Gasteiger partial charge in [0.1, 0.15) is 6.10 Å². The molecular weight excluding hydrogens is 755 g/mol. The molecule has 0 aliphatic heterocycles. The SMILES string of the molecule is CC/C=C/C/C=C/C/C=C/CCCCCCC(CC(=O)NC(CO)C(O)CCCCCCCCCCCCC)OC(=O)CCCCCCCCC/C=C\C/C=C\CCCCC. The summed E-state index contributed by atoms with van der Waals surface area (Å²) < 4.78 is 5.93. The number of hydrogen-bond donors (Lipinski definition) is 3. The normalized spacial score (nSPS) is 13.7. The summed E-state index contributed by atoms with van der Waals surface area (Å²) in [7, 11) is 0. The molecular formula is C55H99NO5. The summed E-state index contributed by atoms with van der Waals surface area (Å²) in [4.78, 5) is 26.1. The number of hydrogen-bond acceptors (Lipinski definition) is 5. The molecule has 0 saturated carbocycles. The zero-order valence-electron chi connectivity index (χ0n) is 40.3. The van der Waals surface area contributed by atoms with E-state index in [2.05, 4.69) is 86.8 Å². The summed E-state index contributed by atoms with van der Waals surface area (Å²) in [5, 5.41) is 23.7. The molecule has 0 aromatic rings. The van der Waals surface area contributed by atoms with Gasteiger partial charge in [0.15, 0.2) is 0 Å². The first-order valence-corrected chi connectivity index (χ1v) is 26.0. The van der Waals surface area contributed by atoms with Crippen molar-refractivity contribution in [2.24, 2.45) is 0 Å². The Balaban J connectivity index is 4.61. The Labute approximate surface area is 378 Å². The van der Waals surface area contributed by atoms with Crippen molar-refractivity contribution < 1.29 is 24.5 Å². The van der Waals surface area contributed by atoms with Crippen LogP contribution in [0.25, 0.3) is 0 Å². The van der Waals surface area contributed by atoms with Gasteiger partial charge in [-0.05, 0) is 89.9 Å². The fraction of sp³-hybridized carbons (Fsp3) is 0.782. The fourth-order valence-corrected chi connectivity index (χ4v) is 7.65. The maximum Gasteiger partial charge on any atom is 0.306 e. The molecule has 0 fully saturated rings. The number of nitrogens with one attached hydrogen (secondary N) is 1. The molecule has 0 rings (SSSR count). The number of aliphatic hydroxyl groups is 2. The minimum Gasteiger partial charge on any atom is -0.462 e. The van der Waals surface area contributed by atoms with Gasteiger partial charge < -0.3 is 20.3 Å². The number of carbonyl (C=O) groups excluding carboxylic acids is 2. The highest BCUT2D eigenvalue weighted by Gasteiger charge is 2.24. The Hall–Kier alpha value is -2.44. The summed E-state index contributed by atoms with van der Waals surface area (Å²) in [6.07, 6.45) is 59.9. The minimum absolute atomic E-state index is 0.0584. The predicted molar refractivity (Wildman–Crippen MR) is 264 cm³/mol. The van der Waals surface area contributed by atoms with Gasteiger partial charge in [0, 0.05) is 6.42 Å². The van der Waals surface area contributed by atoms with E-state index in [9.17, 15) is 19.8 Å². The number of rotatable bonds is 46. The molecule has 6 heteroatoms. The van der Waals surface area contributed by atoms with Crippen molar-refractivity contribution in [1.29, 1.82) is 0 Å². The summed E-state index contributed by atoms with van der Waals surface area (Å²) in [6, 6.07) is -0.711. The van der Waals surface area contributed by atoms with Gasteiger partial charge in [0.25, 0.3) is 0 Å². The molecule has 6 nitrogen and oxygen atoms in total. The molecule has 0 aliphatic carbocycles. The molecule has 0 aliphatic rings. The Bertz CT molecular complexity index is 1090. The fourth-order valence-electron chi connectivity index (χ4n) is 7.65. The van der Waals surface area contributed by atoms with Crippen LogP contribution >= 0.6 is 0 Å². The van der Waals surface area contributed by atoms with Crippen molar-refractivity contribution >= 4 is 11.9 Å². The smallest absolute Gasteiger partial charge is 0.306 e. The highest BCUT2D eigenvalue weighted by molar-refractivity contribution is 5.77.